The van der Waals surface area contributed by atoms with Crippen LogP contribution in [0.1, 0.15) is 16.7 Å². The van der Waals surface area contributed by atoms with Gasteiger partial charge in [-0.05, 0) is 79.2 Å². The van der Waals surface area contributed by atoms with Crippen molar-refractivity contribution in [2.45, 2.75) is 24.2 Å². The summed E-state index contributed by atoms with van der Waals surface area (Å²) in [5.74, 6) is 1.61. The van der Waals surface area contributed by atoms with Crippen LogP contribution < -0.4 is 14.2 Å². The third-order valence-corrected chi connectivity index (χ3v) is 6.41. The lowest BCUT2D eigenvalue weighted by Gasteiger charge is -2.19. The molecule has 0 amide bonds. The zero-order valence-corrected chi connectivity index (χ0v) is 21.6. The maximum absolute atomic E-state index is 12.8. The summed E-state index contributed by atoms with van der Waals surface area (Å²) in [6, 6.07) is 14.5. The molecule has 0 aliphatic rings. The number of alkyl halides is 6. The highest BCUT2D eigenvalue weighted by molar-refractivity contribution is 7.99. The Morgan fingerprint density at radius 3 is 1.56 bits per heavy atom. The van der Waals surface area contributed by atoms with Crippen LogP contribution in [0, 0.1) is 12.8 Å². The molecule has 0 saturated heterocycles. The number of methoxy groups -OCH3 is 1. The van der Waals surface area contributed by atoms with Crippen LogP contribution in [-0.4, -0.2) is 32.2 Å². The first-order chi connectivity index (χ1) is 18.4. The van der Waals surface area contributed by atoms with Crippen molar-refractivity contribution in [2.75, 3.05) is 26.1 Å². The molecule has 0 aliphatic carbocycles. The summed E-state index contributed by atoms with van der Waals surface area (Å²) >= 11 is 1.53. The molecule has 0 heterocycles. The molecule has 0 atom stereocenters. The Labute approximate surface area is 225 Å². The van der Waals surface area contributed by atoms with Crippen LogP contribution in [0.25, 0.3) is 0 Å². The molecular weight excluding hydrogens is 550 g/mol. The van der Waals surface area contributed by atoms with E-state index in [1.807, 2.05) is 25.1 Å². The molecule has 0 bridgehead atoms. The molecule has 5 nitrogen and oxygen atoms in total. The number of benzene rings is 3. The molecule has 3 aromatic carbocycles. The van der Waals surface area contributed by atoms with Crippen molar-refractivity contribution in [1.82, 2.24) is 0 Å². The minimum Gasteiger partial charge on any atom is -0.496 e. The van der Waals surface area contributed by atoms with Crippen molar-refractivity contribution in [2.24, 2.45) is 5.92 Å². The zero-order valence-electron chi connectivity index (χ0n) is 20.8. The number of halogens is 6. The predicted molar refractivity (Wildman–Crippen MR) is 131 cm³/mol. The van der Waals surface area contributed by atoms with Crippen LogP contribution >= 0.6 is 11.8 Å². The van der Waals surface area contributed by atoms with Gasteiger partial charge in [-0.3, -0.25) is 0 Å². The molecule has 39 heavy (non-hydrogen) atoms. The largest absolute Gasteiger partial charge is 0.496 e. The van der Waals surface area contributed by atoms with Crippen molar-refractivity contribution in [3.05, 3.63) is 83.4 Å². The second kappa shape index (κ2) is 14.5. The topological polar surface area (TPSA) is 61.8 Å². The van der Waals surface area contributed by atoms with E-state index >= 15 is 0 Å². The van der Waals surface area contributed by atoms with Crippen LogP contribution in [0.5, 0.6) is 17.2 Å². The summed E-state index contributed by atoms with van der Waals surface area (Å²) in [6.45, 7) is 2.18. The summed E-state index contributed by atoms with van der Waals surface area (Å²) in [7, 11) is 1.59. The van der Waals surface area contributed by atoms with E-state index in [1.54, 1.807) is 7.11 Å². The van der Waals surface area contributed by atoms with Gasteiger partial charge in [0.2, 0.25) is 0 Å². The number of hydrogen-bond acceptors (Lipinski definition) is 6. The highest BCUT2D eigenvalue weighted by Crippen LogP contribution is 2.32. The molecule has 0 fully saturated rings. The molecule has 3 aromatic rings. The Morgan fingerprint density at radius 2 is 1.21 bits per heavy atom. The quantitative estimate of drug-likeness (QED) is 0.187. The monoisotopic (exact) mass is 574 g/mol. The normalized spacial score (nSPS) is 11.3. The fourth-order valence-corrected chi connectivity index (χ4v) is 4.25. The second-order valence-corrected chi connectivity index (χ2v) is 9.15. The lowest BCUT2D eigenvalue weighted by atomic mass is 10.2. The lowest BCUT2D eigenvalue weighted by Crippen LogP contribution is -2.22. The predicted octanol–water partition coefficient (Wildman–Crippen LogP) is 7.32. The van der Waals surface area contributed by atoms with Crippen molar-refractivity contribution in [1.29, 1.82) is 0 Å². The third kappa shape index (κ3) is 10.6. The molecule has 0 saturated carbocycles. The van der Waals surface area contributed by atoms with Crippen molar-refractivity contribution < 1.29 is 50.1 Å². The minimum absolute atomic E-state index is 0.133. The number of thioether (sulfide) groups is 1. The second-order valence-electron chi connectivity index (χ2n) is 8.06. The summed E-state index contributed by atoms with van der Waals surface area (Å²) in [4.78, 5) is 17.2. The zero-order chi connectivity index (χ0) is 29.1. The summed E-state index contributed by atoms with van der Waals surface area (Å²) in [5.41, 5.74) is -0.592. The number of carbonyl (C=O) groups excluding carboxylic acids is 2. The van der Waals surface area contributed by atoms with Crippen molar-refractivity contribution in [3.63, 3.8) is 0 Å². The molecule has 0 aliphatic heterocycles. The SMILES string of the molecule is COc1ccc(SCC(COc2ccc(C(F)(F)F)cc2)COc2ccc(C(F)(F)F)cc2)cc1C.O=C=O. The Balaban J connectivity index is 0.00000170. The Hall–Kier alpha value is -3.63. The number of ether oxygens (including phenoxy) is 3. The van der Waals surface area contributed by atoms with Gasteiger partial charge in [0.05, 0.1) is 31.5 Å². The molecule has 210 valence electrons. The van der Waals surface area contributed by atoms with E-state index in [9.17, 15) is 26.3 Å². The smallest absolute Gasteiger partial charge is 0.416 e. The molecule has 0 N–H and O–H groups in total. The van der Waals surface area contributed by atoms with Gasteiger partial charge in [0.1, 0.15) is 17.2 Å². The van der Waals surface area contributed by atoms with E-state index in [4.69, 9.17) is 23.8 Å². The lowest BCUT2D eigenvalue weighted by molar-refractivity contribution is -0.191. The van der Waals surface area contributed by atoms with E-state index in [1.165, 1.54) is 36.0 Å². The maximum atomic E-state index is 12.8. The number of hydrogen-bond donors (Lipinski definition) is 0. The Kier molecular flexibility index (Phi) is 11.7. The van der Waals surface area contributed by atoms with Crippen molar-refractivity contribution >= 4 is 17.9 Å². The first-order valence-corrected chi connectivity index (χ1v) is 12.2. The average molecular weight is 575 g/mol. The first-order valence-electron chi connectivity index (χ1n) is 11.2. The van der Waals surface area contributed by atoms with Gasteiger partial charge >= 0.3 is 18.5 Å². The summed E-state index contributed by atoms with van der Waals surface area (Å²) in [6.07, 6.45) is -8.63. The first kappa shape index (κ1) is 31.6. The van der Waals surface area contributed by atoms with Gasteiger partial charge in [-0.25, -0.2) is 0 Å². The van der Waals surface area contributed by atoms with Crippen molar-refractivity contribution in [3.8, 4) is 17.2 Å². The van der Waals surface area contributed by atoms with E-state index in [2.05, 4.69) is 0 Å². The van der Waals surface area contributed by atoms with E-state index in [-0.39, 0.29) is 36.8 Å². The van der Waals surface area contributed by atoms with Crippen LogP contribution in [0.4, 0.5) is 26.3 Å². The van der Waals surface area contributed by atoms with Crippen LogP contribution in [0.3, 0.4) is 0 Å². The van der Waals surface area contributed by atoms with E-state index in [0.717, 1.165) is 40.5 Å². The molecule has 0 unspecified atom stereocenters. The number of aryl methyl sites for hydroxylation is 1. The van der Waals surface area contributed by atoms with Crippen LogP contribution in [0.2, 0.25) is 0 Å². The van der Waals surface area contributed by atoms with Gasteiger partial charge in [0.25, 0.3) is 0 Å². The minimum atomic E-state index is -4.44. The summed E-state index contributed by atoms with van der Waals surface area (Å²) in [5, 5.41) is 0. The Bertz CT molecular complexity index is 1140. The fraction of sp³-hybridized carbons (Fsp3) is 0.296. The summed E-state index contributed by atoms with van der Waals surface area (Å²) < 4.78 is 93.4. The van der Waals surface area contributed by atoms with E-state index in [0.29, 0.717) is 5.75 Å². The van der Waals surface area contributed by atoms with Gasteiger partial charge < -0.3 is 14.2 Å². The van der Waals surface area contributed by atoms with E-state index < -0.39 is 23.5 Å². The molecule has 0 spiro atoms. The average Bonchev–Trinajstić information content (AvgIpc) is 2.88. The fourth-order valence-electron chi connectivity index (χ4n) is 3.21. The highest BCUT2D eigenvalue weighted by Gasteiger charge is 2.31. The maximum Gasteiger partial charge on any atom is 0.416 e. The molecular formula is C27H24F6O5S. The van der Waals surface area contributed by atoms with Gasteiger partial charge in [0.15, 0.2) is 0 Å². The molecule has 3 rings (SSSR count). The standard InChI is InChI=1S/C26H24F6O3S.CO2/c1-17-13-23(11-12-24(17)33-2)36-16-18(14-34-21-7-3-19(4-8-21)25(27,28)29)15-35-22-9-5-20(6-10-22)26(30,31)32;2-1-3/h3-13,18H,14-16H2,1-2H3;. The van der Waals surface area contributed by atoms with Gasteiger partial charge in [-0.15, -0.1) is 11.8 Å². The van der Waals surface area contributed by atoms with Gasteiger partial charge in [-0.2, -0.15) is 35.9 Å². The Morgan fingerprint density at radius 1 is 0.769 bits per heavy atom. The van der Waals surface area contributed by atoms with Crippen LogP contribution in [-0.2, 0) is 21.9 Å². The van der Waals surface area contributed by atoms with Crippen LogP contribution in [0.15, 0.2) is 71.6 Å². The van der Waals surface area contributed by atoms with Gasteiger partial charge in [0, 0.05) is 16.6 Å². The third-order valence-electron chi connectivity index (χ3n) is 5.19. The number of rotatable bonds is 10. The van der Waals surface area contributed by atoms with Gasteiger partial charge in [-0.1, -0.05) is 0 Å². The molecule has 0 aromatic heterocycles. The highest BCUT2D eigenvalue weighted by atomic mass is 32.2. The molecule has 12 heteroatoms. The molecule has 0 radical (unpaired) electrons.